The first kappa shape index (κ1) is 29.3. The fraction of sp³-hybridized carbons (Fsp3) is 0.630. The summed E-state index contributed by atoms with van der Waals surface area (Å²) in [5, 5.41) is 23.0. The molecule has 3 atom stereocenters. The molecule has 4 fully saturated rings. The minimum absolute atomic E-state index is 0.00644. The van der Waals surface area contributed by atoms with Crippen molar-refractivity contribution in [2.24, 2.45) is 0 Å². The molecule has 4 saturated heterocycles. The van der Waals surface area contributed by atoms with Crippen molar-refractivity contribution in [1.29, 1.82) is 5.26 Å². The number of hydrogen-bond acceptors (Lipinski definition) is 15. The lowest BCUT2D eigenvalue weighted by Gasteiger charge is -2.48. The molecule has 44 heavy (non-hydrogen) atoms. The van der Waals surface area contributed by atoms with E-state index in [0.29, 0.717) is 42.4 Å². The number of carbonyl (C=O) groups is 1. The van der Waals surface area contributed by atoms with Gasteiger partial charge in [-0.1, -0.05) is 0 Å². The maximum Gasteiger partial charge on any atom is 0.353 e. The number of hydrogen-bond donors (Lipinski definition) is 1. The summed E-state index contributed by atoms with van der Waals surface area (Å²) in [6.07, 6.45) is 0.175. The number of morpholine rings is 1. The van der Waals surface area contributed by atoms with Crippen LogP contribution in [0.1, 0.15) is 35.3 Å². The highest BCUT2D eigenvalue weighted by Gasteiger charge is 2.55. The molecule has 5 aliphatic rings. The molecule has 1 spiro atoms. The second-order valence-corrected chi connectivity index (χ2v) is 14.3. The van der Waals surface area contributed by atoms with Gasteiger partial charge in [0.1, 0.15) is 23.8 Å². The average molecular weight is 647 g/mol. The number of esters is 1. The van der Waals surface area contributed by atoms with Crippen LogP contribution in [-0.2, 0) is 24.8 Å². The van der Waals surface area contributed by atoms with Crippen LogP contribution in [-0.4, -0.2) is 103 Å². The SMILES string of the molecule is COC(=O)[C@H]1CN(c2nc(OC[C@@]34CCCN3C[C@H](F)C4)nc(N3CC4(C3)SCc3sc(N)c(C#N)c34)c2[N+](=O)[O-])CCO1. The Morgan fingerprint density at radius 1 is 1.30 bits per heavy atom. The highest BCUT2D eigenvalue weighted by Crippen LogP contribution is 2.58. The van der Waals surface area contributed by atoms with Crippen LogP contribution in [0.2, 0.25) is 0 Å². The van der Waals surface area contributed by atoms with E-state index in [9.17, 15) is 24.6 Å². The van der Waals surface area contributed by atoms with Crippen LogP contribution in [0.4, 0.5) is 26.7 Å². The predicted molar refractivity (Wildman–Crippen MR) is 160 cm³/mol. The summed E-state index contributed by atoms with van der Waals surface area (Å²) in [6, 6.07) is 2.19. The van der Waals surface area contributed by atoms with Crippen LogP contribution in [0.25, 0.3) is 0 Å². The molecule has 17 heteroatoms. The number of thiophene rings is 1. The number of halogens is 1. The van der Waals surface area contributed by atoms with Crippen molar-refractivity contribution in [2.45, 2.75) is 47.6 Å². The fourth-order valence-electron chi connectivity index (χ4n) is 7.28. The number of nitrogens with zero attached hydrogens (tertiary/aromatic N) is 7. The number of nitro groups is 1. The van der Waals surface area contributed by atoms with Gasteiger partial charge in [-0.2, -0.15) is 15.2 Å². The van der Waals surface area contributed by atoms with Gasteiger partial charge in [0, 0.05) is 48.8 Å². The smallest absolute Gasteiger partial charge is 0.353 e. The first-order valence-electron chi connectivity index (χ1n) is 14.4. The van der Waals surface area contributed by atoms with Crippen LogP contribution in [0, 0.1) is 21.4 Å². The van der Waals surface area contributed by atoms with Crippen molar-refractivity contribution < 1.29 is 28.3 Å². The Balaban J connectivity index is 1.24. The summed E-state index contributed by atoms with van der Waals surface area (Å²) in [6.45, 7) is 2.42. The van der Waals surface area contributed by atoms with Crippen molar-refractivity contribution in [3.8, 4) is 12.1 Å². The number of rotatable bonds is 7. The Hall–Kier alpha value is -3.46. The maximum atomic E-state index is 14.4. The van der Waals surface area contributed by atoms with E-state index >= 15 is 0 Å². The lowest BCUT2D eigenvalue weighted by molar-refractivity contribution is -0.383. The van der Waals surface area contributed by atoms with Gasteiger partial charge >= 0.3 is 17.7 Å². The lowest BCUT2D eigenvalue weighted by Crippen LogP contribution is -2.57. The Labute approximate surface area is 260 Å². The molecular formula is C27H31FN8O6S2. The molecule has 2 N–H and O–H groups in total. The van der Waals surface area contributed by atoms with Crippen LogP contribution < -0.4 is 20.3 Å². The molecule has 0 amide bonds. The third-order valence-electron chi connectivity index (χ3n) is 9.32. The van der Waals surface area contributed by atoms with E-state index in [1.807, 2.05) is 0 Å². The van der Waals surface area contributed by atoms with E-state index in [4.69, 9.17) is 19.9 Å². The van der Waals surface area contributed by atoms with Crippen molar-refractivity contribution in [1.82, 2.24) is 14.9 Å². The number of ether oxygens (including phenoxy) is 3. The van der Waals surface area contributed by atoms with E-state index in [0.717, 1.165) is 29.8 Å². The van der Waals surface area contributed by atoms with Crippen molar-refractivity contribution in [3.63, 3.8) is 0 Å². The first-order chi connectivity index (χ1) is 21.2. The summed E-state index contributed by atoms with van der Waals surface area (Å²) in [5.74, 6) is 0.226. The topological polar surface area (TPSA) is 173 Å². The van der Waals surface area contributed by atoms with Crippen molar-refractivity contribution in [2.75, 3.05) is 75.1 Å². The van der Waals surface area contributed by atoms with Gasteiger partial charge in [0.15, 0.2) is 6.10 Å². The molecular weight excluding hydrogens is 615 g/mol. The van der Waals surface area contributed by atoms with Gasteiger partial charge in [-0.3, -0.25) is 15.0 Å². The van der Waals surface area contributed by atoms with E-state index in [1.54, 1.807) is 21.6 Å². The second-order valence-electron chi connectivity index (χ2n) is 11.8. The number of nitrogen functional groups attached to an aromatic ring is 1. The van der Waals surface area contributed by atoms with Gasteiger partial charge in [-0.25, -0.2) is 9.18 Å². The van der Waals surface area contributed by atoms with E-state index in [1.165, 1.54) is 18.4 Å². The Morgan fingerprint density at radius 2 is 2.07 bits per heavy atom. The average Bonchev–Trinajstić information content (AvgIpc) is 3.72. The number of fused-ring (bicyclic) bond motifs is 3. The van der Waals surface area contributed by atoms with Crippen LogP contribution in [0.15, 0.2) is 0 Å². The van der Waals surface area contributed by atoms with E-state index in [-0.39, 0.29) is 49.6 Å². The monoisotopic (exact) mass is 646 g/mol. The van der Waals surface area contributed by atoms with Gasteiger partial charge in [0.25, 0.3) is 0 Å². The zero-order valence-electron chi connectivity index (χ0n) is 24.0. The first-order valence-corrected chi connectivity index (χ1v) is 16.2. The van der Waals surface area contributed by atoms with Gasteiger partial charge in [-0.15, -0.1) is 23.1 Å². The third kappa shape index (κ3) is 4.61. The molecule has 2 aromatic rings. The number of methoxy groups -OCH3 is 1. The standard InChI is InChI=1S/C27H31FN8O6S2/c1-40-24(37)17-10-33(5-6-41-17)22-20(36(38)39)23(32-25(31-22)42-14-26-3-2-4-35(26)9-15(28)7-26)34-12-27(13-34)19-16(8-29)21(30)44-18(19)11-43-27/h15,17H,2-7,9-14,30H2,1H3/t15-,17-,26+/m1/s1. The quantitative estimate of drug-likeness (QED) is 0.263. The number of aromatic nitrogens is 2. The molecule has 234 valence electrons. The second kappa shape index (κ2) is 10.9. The Bertz CT molecular complexity index is 1560. The number of thioether (sulfide) groups is 1. The number of nitriles is 1. The molecule has 7 heterocycles. The maximum absolute atomic E-state index is 14.4. The summed E-state index contributed by atoms with van der Waals surface area (Å²) >= 11 is 3.11. The van der Waals surface area contributed by atoms with E-state index in [2.05, 4.69) is 20.9 Å². The molecule has 0 unspecified atom stereocenters. The largest absolute Gasteiger partial charge is 0.467 e. The highest BCUT2D eigenvalue weighted by atomic mass is 32.2. The highest BCUT2D eigenvalue weighted by molar-refractivity contribution is 8.00. The summed E-state index contributed by atoms with van der Waals surface area (Å²) < 4.78 is 30.6. The third-order valence-corrected chi connectivity index (χ3v) is 12.0. The molecule has 0 bridgehead atoms. The van der Waals surface area contributed by atoms with Crippen molar-refractivity contribution in [3.05, 3.63) is 26.1 Å². The summed E-state index contributed by atoms with van der Waals surface area (Å²) in [7, 11) is 1.25. The minimum Gasteiger partial charge on any atom is -0.467 e. The molecule has 7 rings (SSSR count). The number of nitrogens with two attached hydrogens (primary N) is 1. The predicted octanol–water partition coefficient (Wildman–Crippen LogP) is 2.20. The van der Waals surface area contributed by atoms with Crippen LogP contribution in [0.5, 0.6) is 6.01 Å². The van der Waals surface area contributed by atoms with Gasteiger partial charge in [0.05, 0.1) is 41.0 Å². The van der Waals surface area contributed by atoms with Gasteiger partial charge in [0.2, 0.25) is 11.6 Å². The summed E-state index contributed by atoms with van der Waals surface area (Å²) in [5.41, 5.74) is 6.75. The molecule has 5 aliphatic heterocycles. The Morgan fingerprint density at radius 3 is 2.80 bits per heavy atom. The van der Waals surface area contributed by atoms with Crippen LogP contribution in [0.3, 0.4) is 0 Å². The van der Waals surface area contributed by atoms with Gasteiger partial charge < -0.3 is 29.7 Å². The lowest BCUT2D eigenvalue weighted by atomic mass is 9.88. The molecule has 0 aliphatic carbocycles. The molecule has 0 saturated carbocycles. The zero-order chi connectivity index (χ0) is 30.8. The number of alkyl halides is 1. The molecule has 0 radical (unpaired) electrons. The van der Waals surface area contributed by atoms with E-state index < -0.39 is 33.5 Å². The number of carbonyl (C=O) groups excluding carboxylic acids is 1. The molecule has 2 aromatic heterocycles. The normalized spacial score (nSPS) is 27.1. The fourth-order valence-corrected chi connectivity index (χ4v) is 10.1. The van der Waals surface area contributed by atoms with Crippen LogP contribution >= 0.6 is 23.1 Å². The minimum atomic E-state index is -0.948. The zero-order valence-corrected chi connectivity index (χ0v) is 25.6. The number of anilines is 3. The Kier molecular flexibility index (Phi) is 7.22. The van der Waals surface area contributed by atoms with Crippen molar-refractivity contribution >= 4 is 51.4 Å². The molecule has 0 aromatic carbocycles. The van der Waals surface area contributed by atoms with Gasteiger partial charge in [-0.05, 0) is 19.4 Å². The molecule has 14 nitrogen and oxygen atoms in total. The summed E-state index contributed by atoms with van der Waals surface area (Å²) in [4.78, 5) is 40.2.